The van der Waals surface area contributed by atoms with Crippen LogP contribution >= 0.6 is 11.9 Å². The number of hydrogen-bond donors (Lipinski definition) is 1. The Kier molecular flexibility index (Phi) is 6.16. The summed E-state index contributed by atoms with van der Waals surface area (Å²) in [6.07, 6.45) is 5.52. The van der Waals surface area contributed by atoms with Gasteiger partial charge in [0, 0.05) is 35.1 Å². The minimum Gasteiger partial charge on any atom is -0.361 e. The zero-order valence-corrected chi connectivity index (χ0v) is 20.1. The zero-order chi connectivity index (χ0) is 22.9. The summed E-state index contributed by atoms with van der Waals surface area (Å²) in [6, 6.07) is 25.1. The number of aromatic nitrogens is 1. The molecule has 3 aromatic carbocycles. The molecule has 3 heterocycles. The fourth-order valence-corrected chi connectivity index (χ4v) is 6.76. The van der Waals surface area contributed by atoms with E-state index in [1.165, 1.54) is 40.5 Å². The maximum atomic E-state index is 13.7. The van der Waals surface area contributed by atoms with E-state index in [4.69, 9.17) is 0 Å². The summed E-state index contributed by atoms with van der Waals surface area (Å²) >= 11 is 1.91. The molecule has 3 nitrogen and oxygen atoms in total. The van der Waals surface area contributed by atoms with Gasteiger partial charge in [-0.15, -0.1) is 0 Å². The van der Waals surface area contributed by atoms with Crippen LogP contribution in [0.5, 0.6) is 0 Å². The molecule has 0 spiro atoms. The summed E-state index contributed by atoms with van der Waals surface area (Å²) < 4.78 is 16.3. The molecule has 34 heavy (non-hydrogen) atoms. The molecule has 0 aliphatic carbocycles. The van der Waals surface area contributed by atoms with Gasteiger partial charge >= 0.3 is 0 Å². The van der Waals surface area contributed by atoms with Crippen LogP contribution in [0.1, 0.15) is 35.6 Å². The van der Waals surface area contributed by atoms with E-state index in [0.717, 1.165) is 43.5 Å². The number of piperidine rings is 1. The van der Waals surface area contributed by atoms with Gasteiger partial charge in [0.2, 0.25) is 0 Å². The topological polar surface area (TPSA) is 22.3 Å². The molecule has 1 unspecified atom stereocenters. The number of aromatic amines is 1. The lowest BCUT2D eigenvalue weighted by molar-refractivity contribution is 0.173. The molecule has 1 aromatic heterocycles. The summed E-state index contributed by atoms with van der Waals surface area (Å²) in [7, 11) is 0. The summed E-state index contributed by atoms with van der Waals surface area (Å²) in [5.41, 5.74) is 5.08. The van der Waals surface area contributed by atoms with Crippen LogP contribution in [-0.4, -0.2) is 40.4 Å². The first-order valence-corrected chi connectivity index (χ1v) is 13.1. The van der Waals surface area contributed by atoms with Crippen LogP contribution in [0, 0.1) is 11.7 Å². The molecule has 1 atom stereocenters. The third-order valence-corrected chi connectivity index (χ3v) is 8.61. The van der Waals surface area contributed by atoms with Gasteiger partial charge in [-0.2, -0.15) is 0 Å². The van der Waals surface area contributed by atoms with E-state index in [2.05, 4.69) is 75.0 Å². The lowest BCUT2D eigenvalue weighted by atomic mass is 9.90. The number of rotatable bonds is 6. The van der Waals surface area contributed by atoms with Gasteiger partial charge in [-0.1, -0.05) is 48.5 Å². The Bertz CT molecular complexity index is 1260. The molecule has 0 radical (unpaired) electrons. The number of H-pyrrole nitrogens is 1. The summed E-state index contributed by atoms with van der Waals surface area (Å²) in [5, 5.41) is 1.04. The highest BCUT2D eigenvalue weighted by Crippen LogP contribution is 2.47. The summed E-state index contributed by atoms with van der Waals surface area (Å²) in [4.78, 5) is 7.31. The lowest BCUT2D eigenvalue weighted by Crippen LogP contribution is -2.38. The molecule has 2 aliphatic heterocycles. The Hall–Kier alpha value is -2.60. The number of fused-ring (bicyclic) bond motifs is 2. The number of hydrogen-bond acceptors (Lipinski definition) is 3. The fraction of sp³-hybridized carbons (Fsp3) is 0.310. The van der Waals surface area contributed by atoms with Gasteiger partial charge in [-0.3, -0.25) is 0 Å². The van der Waals surface area contributed by atoms with Crippen molar-refractivity contribution < 1.29 is 4.39 Å². The maximum absolute atomic E-state index is 13.7. The number of nitrogens with one attached hydrogen (secondary N) is 1. The minimum atomic E-state index is -0.154. The summed E-state index contributed by atoms with van der Waals surface area (Å²) in [5.74, 6) is 0.514. The molecular weight excluding hydrogens is 441 g/mol. The molecular formula is C29H30FN3S. The molecule has 5 heteroatoms. The van der Waals surface area contributed by atoms with Gasteiger partial charge in [0.25, 0.3) is 0 Å². The van der Waals surface area contributed by atoms with Crippen molar-refractivity contribution >= 4 is 22.9 Å². The Morgan fingerprint density at radius 1 is 0.912 bits per heavy atom. The Morgan fingerprint density at radius 2 is 1.71 bits per heavy atom. The summed E-state index contributed by atoms with van der Waals surface area (Å²) in [6.45, 7) is 4.42. The van der Waals surface area contributed by atoms with Gasteiger partial charge in [-0.25, -0.2) is 8.70 Å². The maximum Gasteiger partial charge on any atom is 0.123 e. The Balaban J connectivity index is 1.07. The molecule has 0 saturated carbocycles. The molecule has 174 valence electrons. The molecule has 0 bridgehead atoms. The molecule has 2 aliphatic rings. The quantitative estimate of drug-likeness (QED) is 0.317. The van der Waals surface area contributed by atoms with Crippen molar-refractivity contribution in [2.45, 2.75) is 30.2 Å². The number of nitrogens with zero attached hydrogens (tertiary/aromatic N) is 2. The number of likely N-dealkylation sites (tertiary alicyclic amines) is 1. The van der Waals surface area contributed by atoms with Crippen LogP contribution in [0.2, 0.25) is 0 Å². The molecule has 1 saturated heterocycles. The van der Waals surface area contributed by atoms with Crippen molar-refractivity contribution in [3.8, 4) is 0 Å². The first-order valence-electron chi connectivity index (χ1n) is 12.3. The fourth-order valence-electron chi connectivity index (χ4n) is 5.56. The van der Waals surface area contributed by atoms with Gasteiger partial charge < -0.3 is 9.88 Å². The van der Waals surface area contributed by atoms with Crippen LogP contribution in [-0.2, 0) is 6.42 Å². The van der Waals surface area contributed by atoms with Crippen molar-refractivity contribution in [3.63, 3.8) is 0 Å². The molecule has 0 amide bonds. The van der Waals surface area contributed by atoms with Crippen LogP contribution < -0.4 is 0 Å². The largest absolute Gasteiger partial charge is 0.361 e. The second kappa shape index (κ2) is 9.57. The van der Waals surface area contributed by atoms with Gasteiger partial charge in [0.15, 0.2) is 0 Å². The first-order chi connectivity index (χ1) is 16.7. The van der Waals surface area contributed by atoms with Crippen molar-refractivity contribution in [2.24, 2.45) is 5.92 Å². The van der Waals surface area contributed by atoms with Crippen LogP contribution in [0.15, 0.2) is 83.9 Å². The van der Waals surface area contributed by atoms with Gasteiger partial charge in [0.05, 0.1) is 6.04 Å². The van der Waals surface area contributed by atoms with E-state index >= 15 is 0 Å². The Labute approximate surface area is 205 Å². The van der Waals surface area contributed by atoms with E-state index in [-0.39, 0.29) is 5.82 Å². The second-order valence-electron chi connectivity index (χ2n) is 9.58. The highest BCUT2D eigenvalue weighted by atomic mass is 32.2. The molecule has 4 aromatic rings. The first kappa shape index (κ1) is 21.9. The molecule has 6 rings (SSSR count). The smallest absolute Gasteiger partial charge is 0.123 e. The van der Waals surface area contributed by atoms with E-state index < -0.39 is 0 Å². The number of halogens is 1. The SMILES string of the molecule is Fc1ccc2[nH]cc(CC3CCN(CCN4Sc5ccccc5C4c4ccccc4)CC3)c2c1. The van der Waals surface area contributed by atoms with E-state index in [1.54, 1.807) is 6.07 Å². The average Bonchev–Trinajstić information content (AvgIpc) is 3.45. The van der Waals surface area contributed by atoms with Gasteiger partial charge in [-0.05, 0) is 91.2 Å². The van der Waals surface area contributed by atoms with Crippen molar-refractivity contribution in [1.29, 1.82) is 0 Å². The minimum absolute atomic E-state index is 0.154. The highest BCUT2D eigenvalue weighted by molar-refractivity contribution is 7.97. The lowest BCUT2D eigenvalue weighted by Gasteiger charge is -2.34. The predicted octanol–water partition coefficient (Wildman–Crippen LogP) is 6.67. The van der Waals surface area contributed by atoms with Crippen molar-refractivity contribution in [3.05, 3.63) is 102 Å². The van der Waals surface area contributed by atoms with Crippen molar-refractivity contribution in [1.82, 2.24) is 14.2 Å². The van der Waals surface area contributed by atoms with Crippen LogP contribution in [0.4, 0.5) is 4.39 Å². The second-order valence-corrected chi connectivity index (χ2v) is 10.7. The zero-order valence-electron chi connectivity index (χ0n) is 19.3. The molecule has 1 N–H and O–H groups in total. The predicted molar refractivity (Wildman–Crippen MR) is 138 cm³/mol. The number of benzene rings is 3. The third kappa shape index (κ3) is 4.40. The average molecular weight is 472 g/mol. The third-order valence-electron chi connectivity index (χ3n) is 7.41. The van der Waals surface area contributed by atoms with Crippen LogP contribution in [0.25, 0.3) is 10.9 Å². The van der Waals surface area contributed by atoms with E-state index in [0.29, 0.717) is 12.0 Å². The monoisotopic (exact) mass is 471 g/mol. The normalized spacial score (nSPS) is 19.6. The Morgan fingerprint density at radius 3 is 2.56 bits per heavy atom. The van der Waals surface area contributed by atoms with E-state index in [9.17, 15) is 4.39 Å². The molecule has 1 fully saturated rings. The standard InChI is InChI=1S/C29H30FN3S/c30-24-10-11-27-26(19-24)23(20-31-27)18-21-12-14-32(15-13-21)16-17-33-29(22-6-2-1-3-7-22)25-8-4-5-9-28(25)34-33/h1-11,19-21,29,31H,12-18H2. The van der Waals surface area contributed by atoms with E-state index in [1.807, 2.05) is 18.0 Å². The van der Waals surface area contributed by atoms with Gasteiger partial charge in [0.1, 0.15) is 5.82 Å². The van der Waals surface area contributed by atoms with Crippen molar-refractivity contribution in [2.75, 3.05) is 26.2 Å². The van der Waals surface area contributed by atoms with Crippen LogP contribution in [0.3, 0.4) is 0 Å². The highest BCUT2D eigenvalue weighted by Gasteiger charge is 2.32.